The van der Waals surface area contributed by atoms with E-state index in [0.29, 0.717) is 13.1 Å². The molecule has 4 nitrogen and oxygen atoms in total. The lowest BCUT2D eigenvalue weighted by Crippen LogP contribution is -2.48. The van der Waals surface area contributed by atoms with Crippen molar-refractivity contribution in [1.29, 1.82) is 0 Å². The van der Waals surface area contributed by atoms with Crippen LogP contribution < -0.4 is 0 Å². The summed E-state index contributed by atoms with van der Waals surface area (Å²) in [5.41, 5.74) is 0. The third kappa shape index (κ3) is 2.69. The van der Waals surface area contributed by atoms with Gasteiger partial charge in [-0.25, -0.2) is 0 Å². The summed E-state index contributed by atoms with van der Waals surface area (Å²) < 4.78 is 0. The predicted molar refractivity (Wildman–Crippen MR) is 54.7 cm³/mol. The fourth-order valence-electron chi connectivity index (χ4n) is 1.70. The quantitative estimate of drug-likeness (QED) is 0.696. The molecule has 82 valence electrons. The van der Waals surface area contributed by atoms with Gasteiger partial charge >= 0.3 is 5.97 Å². The van der Waals surface area contributed by atoms with Crippen LogP contribution in [0.5, 0.6) is 0 Å². The van der Waals surface area contributed by atoms with Crippen LogP contribution in [-0.2, 0) is 9.59 Å². The minimum Gasteiger partial charge on any atom is -0.481 e. The van der Waals surface area contributed by atoms with E-state index >= 15 is 0 Å². The number of nitrogens with zero attached hydrogens (tertiary/aromatic N) is 1. The van der Waals surface area contributed by atoms with Crippen molar-refractivity contribution in [2.45, 2.75) is 13.8 Å². The maximum absolute atomic E-state index is 11.4. The lowest BCUT2D eigenvalue weighted by molar-refractivity contribution is -0.150. The molecule has 1 aliphatic heterocycles. The number of aliphatic carboxylic acids is 1. The highest BCUT2D eigenvalue weighted by Crippen LogP contribution is 2.17. The molecule has 1 fully saturated rings. The van der Waals surface area contributed by atoms with Gasteiger partial charge in [0, 0.05) is 19.0 Å². The Labute approximate surface area is 89.7 Å². The molecule has 0 aromatic heterocycles. The zero-order valence-electron chi connectivity index (χ0n) is 8.40. The normalized spacial score (nSPS) is 28.3. The third-order valence-corrected chi connectivity index (χ3v) is 2.55. The van der Waals surface area contributed by atoms with Gasteiger partial charge in [-0.1, -0.05) is 13.8 Å². The summed E-state index contributed by atoms with van der Waals surface area (Å²) >= 11 is 0. The van der Waals surface area contributed by atoms with E-state index in [9.17, 15) is 9.59 Å². The maximum atomic E-state index is 11.4. The van der Waals surface area contributed by atoms with Gasteiger partial charge in [0.15, 0.2) is 5.78 Å². The van der Waals surface area contributed by atoms with Gasteiger partial charge in [0.25, 0.3) is 0 Å². The smallest absolute Gasteiger partial charge is 0.315 e. The van der Waals surface area contributed by atoms with E-state index in [-0.39, 0.29) is 24.1 Å². The summed E-state index contributed by atoms with van der Waals surface area (Å²) in [6.07, 6.45) is 0. The van der Waals surface area contributed by atoms with E-state index in [1.54, 1.807) is 6.92 Å². The van der Waals surface area contributed by atoms with Crippen molar-refractivity contribution in [1.82, 2.24) is 4.90 Å². The number of likely N-dealkylation sites (tertiary alicyclic amines) is 1. The first kappa shape index (κ1) is 13.4. The first-order valence-electron chi connectivity index (χ1n) is 4.55. The second-order valence-corrected chi connectivity index (χ2v) is 3.55. The lowest BCUT2D eigenvalue weighted by Gasteiger charge is -2.32. The van der Waals surface area contributed by atoms with Gasteiger partial charge in [-0.2, -0.15) is 0 Å². The number of carbonyl (C=O) groups is 2. The van der Waals surface area contributed by atoms with Crippen LogP contribution in [0.2, 0.25) is 0 Å². The second-order valence-electron chi connectivity index (χ2n) is 3.55. The number of Topliss-reactive ketones (excluding diaryl/α,β-unsaturated/α-hetero) is 1. The van der Waals surface area contributed by atoms with E-state index in [1.807, 2.05) is 11.8 Å². The van der Waals surface area contributed by atoms with Crippen molar-refractivity contribution in [3.8, 4) is 0 Å². The summed E-state index contributed by atoms with van der Waals surface area (Å²) in [6, 6.07) is 0. The molecule has 0 aromatic rings. The zero-order valence-corrected chi connectivity index (χ0v) is 9.21. The second kappa shape index (κ2) is 5.32. The molecule has 2 unspecified atom stereocenters. The van der Waals surface area contributed by atoms with Crippen molar-refractivity contribution in [2.24, 2.45) is 11.8 Å². The van der Waals surface area contributed by atoms with Crippen molar-refractivity contribution in [3.05, 3.63) is 0 Å². The van der Waals surface area contributed by atoms with Crippen LogP contribution in [-0.4, -0.2) is 41.4 Å². The minimum absolute atomic E-state index is 0. The minimum atomic E-state index is -0.991. The fourth-order valence-corrected chi connectivity index (χ4v) is 1.70. The van der Waals surface area contributed by atoms with Crippen LogP contribution in [0.4, 0.5) is 0 Å². The molecule has 0 bridgehead atoms. The fraction of sp³-hybridized carbons (Fsp3) is 0.778. The average Bonchev–Trinajstić information content (AvgIpc) is 2.09. The van der Waals surface area contributed by atoms with E-state index in [4.69, 9.17) is 5.11 Å². The Morgan fingerprint density at radius 2 is 2.14 bits per heavy atom. The monoisotopic (exact) mass is 221 g/mol. The largest absolute Gasteiger partial charge is 0.481 e. The SMILES string of the molecule is CCN1CC(C)C(=O)C(C(=O)O)C1.Cl. The molecule has 1 N–H and O–H groups in total. The molecule has 0 radical (unpaired) electrons. The van der Waals surface area contributed by atoms with E-state index in [2.05, 4.69) is 0 Å². The molecular formula is C9H16ClNO3. The van der Waals surface area contributed by atoms with Crippen LogP contribution in [0.25, 0.3) is 0 Å². The molecular weight excluding hydrogens is 206 g/mol. The number of carbonyl (C=O) groups excluding carboxylic acids is 1. The third-order valence-electron chi connectivity index (χ3n) is 2.55. The lowest BCUT2D eigenvalue weighted by atomic mass is 9.89. The summed E-state index contributed by atoms with van der Waals surface area (Å²) in [4.78, 5) is 24.1. The van der Waals surface area contributed by atoms with Crippen LogP contribution >= 0.6 is 12.4 Å². The maximum Gasteiger partial charge on any atom is 0.315 e. The van der Waals surface area contributed by atoms with Crippen LogP contribution in [0, 0.1) is 11.8 Å². The zero-order chi connectivity index (χ0) is 10.0. The van der Waals surface area contributed by atoms with Crippen LogP contribution in [0.1, 0.15) is 13.8 Å². The predicted octanol–water partition coefficient (Wildman–Crippen LogP) is 0.650. The summed E-state index contributed by atoms with van der Waals surface area (Å²) in [7, 11) is 0. The summed E-state index contributed by atoms with van der Waals surface area (Å²) in [6.45, 7) is 5.64. The number of rotatable bonds is 2. The van der Waals surface area contributed by atoms with Gasteiger partial charge < -0.3 is 10.0 Å². The Bertz CT molecular complexity index is 232. The molecule has 1 saturated heterocycles. The number of ketones is 1. The number of carboxylic acids is 1. The van der Waals surface area contributed by atoms with Gasteiger partial charge in [-0.05, 0) is 6.54 Å². The summed E-state index contributed by atoms with van der Waals surface area (Å²) in [5.74, 6) is -2.08. The van der Waals surface area contributed by atoms with Crippen LogP contribution in [0.15, 0.2) is 0 Å². The first-order chi connectivity index (χ1) is 6.06. The van der Waals surface area contributed by atoms with E-state index in [1.165, 1.54) is 0 Å². The van der Waals surface area contributed by atoms with Crippen molar-refractivity contribution in [3.63, 3.8) is 0 Å². The number of hydrogen-bond donors (Lipinski definition) is 1. The van der Waals surface area contributed by atoms with E-state index < -0.39 is 11.9 Å². The Kier molecular flexibility index (Phi) is 5.08. The van der Waals surface area contributed by atoms with Gasteiger partial charge in [-0.15, -0.1) is 12.4 Å². The molecule has 5 heteroatoms. The van der Waals surface area contributed by atoms with Gasteiger partial charge in [0.2, 0.25) is 0 Å². The highest BCUT2D eigenvalue weighted by atomic mass is 35.5. The molecule has 0 amide bonds. The Hall–Kier alpha value is -0.610. The first-order valence-corrected chi connectivity index (χ1v) is 4.55. The number of piperidine rings is 1. The topological polar surface area (TPSA) is 57.6 Å². The molecule has 2 atom stereocenters. The Morgan fingerprint density at radius 3 is 2.57 bits per heavy atom. The number of halogens is 1. The van der Waals surface area contributed by atoms with E-state index in [0.717, 1.165) is 6.54 Å². The molecule has 0 aromatic carbocycles. The standard InChI is InChI=1S/C9H15NO3.ClH/c1-3-10-4-6(2)8(11)7(5-10)9(12)13;/h6-7H,3-5H2,1-2H3,(H,12,13);1H. The molecule has 0 saturated carbocycles. The highest BCUT2D eigenvalue weighted by Gasteiger charge is 2.36. The van der Waals surface area contributed by atoms with Crippen LogP contribution in [0.3, 0.4) is 0 Å². The van der Waals surface area contributed by atoms with Gasteiger partial charge in [0.05, 0.1) is 0 Å². The number of hydrogen-bond acceptors (Lipinski definition) is 3. The Morgan fingerprint density at radius 1 is 1.57 bits per heavy atom. The molecule has 0 aliphatic carbocycles. The molecule has 1 rings (SSSR count). The molecule has 1 heterocycles. The highest BCUT2D eigenvalue weighted by molar-refractivity contribution is 6.00. The van der Waals surface area contributed by atoms with Gasteiger partial charge in [-0.3, -0.25) is 9.59 Å². The number of carboxylic acid groups (broad SMARTS) is 1. The molecule has 1 aliphatic rings. The molecule has 14 heavy (non-hydrogen) atoms. The molecule has 0 spiro atoms. The van der Waals surface area contributed by atoms with Crippen molar-refractivity contribution < 1.29 is 14.7 Å². The summed E-state index contributed by atoms with van der Waals surface area (Å²) in [5, 5.41) is 8.79. The Balaban J connectivity index is 0.00000169. The van der Waals surface area contributed by atoms with Crippen molar-refractivity contribution in [2.75, 3.05) is 19.6 Å². The van der Waals surface area contributed by atoms with Crippen molar-refractivity contribution >= 4 is 24.2 Å². The average molecular weight is 222 g/mol. The van der Waals surface area contributed by atoms with Gasteiger partial charge in [0.1, 0.15) is 5.92 Å².